The first-order valence-corrected chi connectivity index (χ1v) is 33.8. The third-order valence-corrected chi connectivity index (χ3v) is 16.0. The molecule has 2 aliphatic heterocycles. The molecule has 76 heavy (non-hydrogen) atoms. The van der Waals surface area contributed by atoms with Crippen LogP contribution in [-0.2, 0) is 28.6 Å². The molecule has 0 amide bonds. The molecule has 0 aliphatic carbocycles. The van der Waals surface area contributed by atoms with Gasteiger partial charge < -0.3 is 34.2 Å². The van der Waals surface area contributed by atoms with Crippen molar-refractivity contribution in [1.82, 2.24) is 20.0 Å². The summed E-state index contributed by atoms with van der Waals surface area (Å²) in [5.41, 5.74) is 0. The Morgan fingerprint density at radius 1 is 0.329 bits per heavy atom. The van der Waals surface area contributed by atoms with E-state index in [-0.39, 0.29) is 17.9 Å². The Hall–Kier alpha value is -1.75. The number of nitrogens with one attached hydrogen (secondary N) is 1. The lowest BCUT2D eigenvalue weighted by Gasteiger charge is -2.24. The highest BCUT2D eigenvalue weighted by molar-refractivity contribution is 5.70. The average Bonchev–Trinajstić information content (AvgIpc) is 4.17. The van der Waals surface area contributed by atoms with Gasteiger partial charge in [-0.25, -0.2) is 0 Å². The lowest BCUT2D eigenvalue weighted by atomic mass is 10.0. The molecule has 2 rings (SSSR count). The Bertz CT molecular complexity index is 1160. The van der Waals surface area contributed by atoms with Crippen molar-refractivity contribution in [2.75, 3.05) is 91.8 Å². The normalized spacial score (nSPS) is 13.9. The fourth-order valence-corrected chi connectivity index (χ4v) is 10.8. The second-order valence-corrected chi connectivity index (χ2v) is 23.3. The molecule has 0 saturated carbocycles. The van der Waals surface area contributed by atoms with E-state index >= 15 is 0 Å². The minimum absolute atomic E-state index is 0.0485. The molecule has 0 atom stereocenters. The number of rotatable bonds is 57. The summed E-state index contributed by atoms with van der Waals surface area (Å²) in [6, 6.07) is 0. The number of esters is 3. The maximum atomic E-state index is 12.5. The summed E-state index contributed by atoms with van der Waals surface area (Å²) >= 11 is 0. The van der Waals surface area contributed by atoms with Gasteiger partial charge in [0.1, 0.15) is 0 Å². The molecule has 0 bridgehead atoms. The quantitative estimate of drug-likeness (QED) is 0.0360. The van der Waals surface area contributed by atoms with Crippen LogP contribution in [-0.4, -0.2) is 124 Å². The van der Waals surface area contributed by atoms with Crippen molar-refractivity contribution in [1.29, 1.82) is 0 Å². The lowest BCUT2D eigenvalue weighted by molar-refractivity contribution is -0.145. The Kier molecular flexibility index (Phi) is 56.5. The third kappa shape index (κ3) is 52.9. The van der Waals surface area contributed by atoms with Crippen LogP contribution in [0.2, 0.25) is 0 Å². The summed E-state index contributed by atoms with van der Waals surface area (Å²) in [4.78, 5) is 43.9. The predicted octanol–water partition coefficient (Wildman–Crippen LogP) is 17.1. The van der Waals surface area contributed by atoms with Crippen molar-refractivity contribution in [2.24, 2.45) is 0 Å². The van der Waals surface area contributed by atoms with Crippen molar-refractivity contribution in [3.05, 3.63) is 0 Å². The smallest absolute Gasteiger partial charge is 0.307 e. The van der Waals surface area contributed by atoms with Gasteiger partial charge in [-0.15, -0.1) is 0 Å². The molecule has 2 saturated heterocycles. The van der Waals surface area contributed by atoms with Crippen LogP contribution in [0.5, 0.6) is 0 Å². The van der Waals surface area contributed by atoms with Gasteiger partial charge in [0.15, 0.2) is 0 Å². The zero-order valence-corrected chi connectivity index (χ0v) is 51.2. The van der Waals surface area contributed by atoms with E-state index in [0.29, 0.717) is 52.2 Å². The number of carbonyl (C=O) groups excluding carboxylic acids is 3. The molecule has 1 N–H and O–H groups in total. The minimum Gasteiger partial charge on any atom is -0.466 e. The van der Waals surface area contributed by atoms with Crippen molar-refractivity contribution >= 4 is 17.9 Å². The highest BCUT2D eigenvalue weighted by atomic mass is 16.5. The zero-order valence-electron chi connectivity index (χ0n) is 51.2. The Labute approximate surface area is 472 Å². The first-order chi connectivity index (χ1) is 37.5. The van der Waals surface area contributed by atoms with E-state index in [4.69, 9.17) is 14.2 Å². The highest BCUT2D eigenvalue weighted by Crippen LogP contribution is 2.16. The molecule has 0 radical (unpaired) electrons. The molecule has 2 fully saturated rings. The van der Waals surface area contributed by atoms with Gasteiger partial charge in [0, 0.05) is 45.8 Å². The first-order valence-electron chi connectivity index (χ1n) is 33.8. The van der Waals surface area contributed by atoms with Gasteiger partial charge in [-0.1, -0.05) is 252 Å². The number of likely N-dealkylation sites (tertiary alicyclic amines) is 2. The number of hydrogen-bond donors (Lipinski definition) is 1. The van der Waals surface area contributed by atoms with Gasteiger partial charge in [-0.2, -0.15) is 0 Å². The second-order valence-electron chi connectivity index (χ2n) is 23.3. The monoisotopic (exact) mass is 1070 g/mol. The van der Waals surface area contributed by atoms with Crippen molar-refractivity contribution in [3.8, 4) is 0 Å². The number of hydrogen-bond acceptors (Lipinski definition) is 10. The summed E-state index contributed by atoms with van der Waals surface area (Å²) in [6.07, 6.45) is 58.2. The lowest BCUT2D eigenvalue weighted by Crippen LogP contribution is -2.36. The van der Waals surface area contributed by atoms with Gasteiger partial charge in [-0.3, -0.25) is 14.4 Å². The SMILES string of the molecule is CCCCCCCCCCCCCCCOC(=O)CCN(CCC(=O)OCCCCCCCCCCCCCCC)CCN1CCCC1.CCCCCCCCCCCCCCCOC(=O)CCNCCN1CCCC1. The standard InChI is InChI=1S/C42H82N2O4.C24H48N2O2/c1-3-5-7-9-11-13-15-17-19-21-23-25-29-39-47-41(45)31-35-44(38-37-43-33-27-28-34-43)36-32-42(46)48-40-30-26-24-22-20-18-16-14-12-10-8-6-4-2;1-2-3-4-5-6-7-8-9-10-11-12-13-16-23-28-24(27)17-18-25-19-22-26-20-14-15-21-26/h3-40H2,1-2H3;25H,2-23H2,1H3. The summed E-state index contributed by atoms with van der Waals surface area (Å²) < 4.78 is 16.5. The maximum Gasteiger partial charge on any atom is 0.307 e. The van der Waals surface area contributed by atoms with Crippen LogP contribution in [0.1, 0.15) is 316 Å². The molecular weight excluding hydrogens is 945 g/mol. The van der Waals surface area contributed by atoms with E-state index in [9.17, 15) is 14.4 Å². The number of carbonyl (C=O) groups is 3. The number of ether oxygens (including phenoxy) is 3. The summed E-state index contributed by atoms with van der Waals surface area (Å²) in [5.74, 6) is -0.261. The third-order valence-electron chi connectivity index (χ3n) is 16.0. The number of nitrogens with zero attached hydrogens (tertiary/aromatic N) is 3. The largest absolute Gasteiger partial charge is 0.466 e. The fraction of sp³-hybridized carbons (Fsp3) is 0.955. The first kappa shape index (κ1) is 72.3. The van der Waals surface area contributed by atoms with Crippen LogP contribution in [0, 0.1) is 0 Å². The Morgan fingerprint density at radius 2 is 0.592 bits per heavy atom. The van der Waals surface area contributed by atoms with Crippen molar-refractivity contribution in [3.63, 3.8) is 0 Å². The average molecular weight is 1080 g/mol. The molecule has 2 heterocycles. The van der Waals surface area contributed by atoms with E-state index < -0.39 is 0 Å². The molecule has 0 unspecified atom stereocenters. The molecule has 0 aromatic rings. The Balaban J connectivity index is 0.000000873. The zero-order chi connectivity index (χ0) is 54.7. The predicted molar refractivity (Wildman–Crippen MR) is 324 cm³/mol. The van der Waals surface area contributed by atoms with Crippen LogP contribution >= 0.6 is 0 Å². The van der Waals surface area contributed by atoms with Gasteiger partial charge >= 0.3 is 17.9 Å². The van der Waals surface area contributed by atoms with Crippen LogP contribution in [0.3, 0.4) is 0 Å². The second kappa shape index (κ2) is 59.4. The highest BCUT2D eigenvalue weighted by Gasteiger charge is 2.17. The van der Waals surface area contributed by atoms with E-state index in [0.717, 1.165) is 77.9 Å². The van der Waals surface area contributed by atoms with E-state index in [1.165, 1.54) is 257 Å². The summed E-state index contributed by atoms with van der Waals surface area (Å²) in [6.45, 7) is 19.3. The van der Waals surface area contributed by atoms with Gasteiger partial charge in [0.25, 0.3) is 0 Å². The van der Waals surface area contributed by atoms with E-state index in [2.05, 4.69) is 40.8 Å². The van der Waals surface area contributed by atoms with Crippen LogP contribution in [0.25, 0.3) is 0 Å². The van der Waals surface area contributed by atoms with Gasteiger partial charge in [0.05, 0.1) is 39.1 Å². The van der Waals surface area contributed by atoms with Gasteiger partial charge in [-0.05, 0) is 71.1 Å². The molecule has 0 spiro atoms. The molecule has 0 aromatic carbocycles. The van der Waals surface area contributed by atoms with Crippen molar-refractivity contribution in [2.45, 2.75) is 316 Å². The topological polar surface area (TPSA) is 101 Å². The van der Waals surface area contributed by atoms with Crippen LogP contribution < -0.4 is 5.32 Å². The molecule has 450 valence electrons. The molecule has 10 heteroatoms. The van der Waals surface area contributed by atoms with Gasteiger partial charge in [0.2, 0.25) is 0 Å². The number of unbranched alkanes of at least 4 members (excludes halogenated alkanes) is 36. The van der Waals surface area contributed by atoms with Crippen LogP contribution in [0.4, 0.5) is 0 Å². The molecule has 2 aliphatic rings. The van der Waals surface area contributed by atoms with E-state index in [1.54, 1.807) is 0 Å². The maximum absolute atomic E-state index is 12.5. The molecule has 10 nitrogen and oxygen atoms in total. The van der Waals surface area contributed by atoms with E-state index in [1.807, 2.05) is 0 Å². The van der Waals surface area contributed by atoms with Crippen LogP contribution in [0.15, 0.2) is 0 Å². The van der Waals surface area contributed by atoms with Crippen molar-refractivity contribution < 1.29 is 28.6 Å². The molecule has 0 aromatic heterocycles. The molecular formula is C66H130N4O6. The Morgan fingerprint density at radius 3 is 0.895 bits per heavy atom. The minimum atomic E-state index is -0.106. The summed E-state index contributed by atoms with van der Waals surface area (Å²) in [5, 5.41) is 3.35. The summed E-state index contributed by atoms with van der Waals surface area (Å²) in [7, 11) is 0. The fourth-order valence-electron chi connectivity index (χ4n) is 10.8.